The number of hydrogen-bond acceptors (Lipinski definition) is 7. The molecule has 0 saturated carbocycles. The molecule has 0 unspecified atom stereocenters. The molecule has 1 aliphatic rings. The largest absolute Gasteiger partial charge is 0.478 e. The maximum absolute atomic E-state index is 11.2. The average molecular weight is 367 g/mol. The molecule has 26 heavy (non-hydrogen) atoms. The number of nitrogens with one attached hydrogen (secondary N) is 1. The summed E-state index contributed by atoms with van der Waals surface area (Å²) >= 11 is 1.75. The first-order valence-corrected chi connectivity index (χ1v) is 9.17. The number of aromatic nitrogens is 4. The average Bonchev–Trinajstić information content (AvgIpc) is 3.03. The van der Waals surface area contributed by atoms with E-state index in [9.17, 15) is 4.79 Å². The van der Waals surface area contributed by atoms with Crippen LogP contribution in [0.15, 0.2) is 30.6 Å². The van der Waals surface area contributed by atoms with Crippen LogP contribution >= 0.6 is 11.3 Å². The van der Waals surface area contributed by atoms with Gasteiger partial charge in [0.2, 0.25) is 5.95 Å². The van der Waals surface area contributed by atoms with Gasteiger partial charge in [0, 0.05) is 17.3 Å². The van der Waals surface area contributed by atoms with Gasteiger partial charge >= 0.3 is 5.97 Å². The normalized spacial score (nSPS) is 16.1. The molecular weight excluding hydrogens is 350 g/mol. The third-order valence-electron chi connectivity index (χ3n) is 4.29. The van der Waals surface area contributed by atoms with Gasteiger partial charge in [-0.05, 0) is 44.4 Å². The van der Waals surface area contributed by atoms with Crippen molar-refractivity contribution in [2.24, 2.45) is 0 Å². The Morgan fingerprint density at radius 1 is 1.23 bits per heavy atom. The van der Waals surface area contributed by atoms with Crippen molar-refractivity contribution >= 4 is 23.3 Å². The lowest BCUT2D eigenvalue weighted by atomic mass is 9.98. The molecule has 0 amide bonds. The number of nitrogens with zero attached hydrogens (tertiary/aromatic N) is 4. The zero-order chi connectivity index (χ0) is 18.1. The number of carbonyl (C=O) groups is 1. The highest BCUT2D eigenvalue weighted by Crippen LogP contribution is 2.34. The van der Waals surface area contributed by atoms with Gasteiger partial charge in [-0.1, -0.05) is 0 Å². The van der Waals surface area contributed by atoms with Gasteiger partial charge in [0.05, 0.1) is 33.7 Å². The highest BCUT2D eigenvalue weighted by molar-refractivity contribution is 7.11. The summed E-state index contributed by atoms with van der Waals surface area (Å²) in [6.07, 6.45) is 6.28. The van der Waals surface area contributed by atoms with Crippen molar-refractivity contribution < 1.29 is 9.90 Å². The minimum atomic E-state index is -0.991. The van der Waals surface area contributed by atoms with Crippen LogP contribution in [0, 0.1) is 6.92 Å². The summed E-state index contributed by atoms with van der Waals surface area (Å²) < 4.78 is 0. The number of anilines is 1. The molecule has 3 heterocycles. The first-order chi connectivity index (χ1) is 12.6. The Morgan fingerprint density at radius 3 is 2.92 bits per heavy atom. The Bertz CT molecular complexity index is 972. The van der Waals surface area contributed by atoms with Crippen LogP contribution in [0.3, 0.4) is 0 Å². The van der Waals surface area contributed by atoms with Crippen LogP contribution in [-0.4, -0.2) is 31.0 Å². The Kier molecular flexibility index (Phi) is 4.34. The molecule has 1 aliphatic carbocycles. The van der Waals surface area contributed by atoms with E-state index in [1.54, 1.807) is 23.6 Å². The Morgan fingerprint density at radius 2 is 2.08 bits per heavy atom. The molecular formula is C18H17N5O2S. The summed E-state index contributed by atoms with van der Waals surface area (Å²) in [6, 6.07) is 4.78. The fraction of sp³-hybridized carbons (Fsp3) is 0.278. The summed E-state index contributed by atoms with van der Waals surface area (Å²) in [7, 11) is 0. The van der Waals surface area contributed by atoms with Crippen LogP contribution in [-0.2, 0) is 6.42 Å². The van der Waals surface area contributed by atoms with Gasteiger partial charge < -0.3 is 10.4 Å². The Balaban J connectivity index is 1.61. The number of thiazole rings is 1. The van der Waals surface area contributed by atoms with Crippen LogP contribution in [0.4, 0.5) is 5.95 Å². The maximum Gasteiger partial charge on any atom is 0.335 e. The standard InChI is InChI=1S/C18H17N5O2S/c1-10-21-16-13(3-2-4-15(16)26-10)23-18-20-8-6-12(22-18)14-9-11(17(24)25)5-7-19-14/h5-9,13H,2-4H2,1H3,(H,24,25)(H,20,22,23)/t13-/m1/s1. The first kappa shape index (κ1) is 16.6. The number of aryl methyl sites for hydroxylation is 2. The molecule has 0 saturated heterocycles. The molecule has 1 atom stereocenters. The zero-order valence-corrected chi connectivity index (χ0v) is 15.0. The SMILES string of the molecule is Cc1nc2c(s1)CCC[C@H]2Nc1nccc(-c2cc(C(=O)O)ccn2)n1. The molecule has 3 aromatic heterocycles. The van der Waals surface area contributed by atoms with Crippen molar-refractivity contribution in [1.82, 2.24) is 19.9 Å². The molecule has 132 valence electrons. The van der Waals surface area contributed by atoms with Crippen LogP contribution in [0.1, 0.15) is 44.8 Å². The van der Waals surface area contributed by atoms with Gasteiger partial charge in [-0.25, -0.2) is 19.7 Å². The smallest absolute Gasteiger partial charge is 0.335 e. The van der Waals surface area contributed by atoms with E-state index in [-0.39, 0.29) is 11.6 Å². The highest BCUT2D eigenvalue weighted by Gasteiger charge is 2.24. The van der Waals surface area contributed by atoms with Crippen LogP contribution < -0.4 is 5.32 Å². The molecule has 0 aliphatic heterocycles. The van der Waals surface area contributed by atoms with Crippen LogP contribution in [0.5, 0.6) is 0 Å². The molecule has 0 bridgehead atoms. The first-order valence-electron chi connectivity index (χ1n) is 8.35. The lowest BCUT2D eigenvalue weighted by molar-refractivity contribution is 0.0697. The van der Waals surface area contributed by atoms with Crippen molar-refractivity contribution in [3.05, 3.63) is 51.7 Å². The number of rotatable bonds is 4. The summed E-state index contributed by atoms with van der Waals surface area (Å²) in [5.74, 6) is -0.497. The molecule has 7 nitrogen and oxygen atoms in total. The minimum absolute atomic E-state index is 0.0947. The minimum Gasteiger partial charge on any atom is -0.478 e. The predicted octanol–water partition coefficient (Wildman–Crippen LogP) is 3.49. The molecule has 3 aromatic rings. The maximum atomic E-state index is 11.2. The molecule has 0 radical (unpaired) electrons. The van der Waals surface area contributed by atoms with Gasteiger partial charge in [-0.2, -0.15) is 0 Å². The number of pyridine rings is 1. The van der Waals surface area contributed by atoms with E-state index in [0.717, 1.165) is 30.0 Å². The molecule has 4 rings (SSSR count). The van der Waals surface area contributed by atoms with E-state index in [4.69, 9.17) is 5.11 Å². The molecule has 8 heteroatoms. The number of carboxylic acids is 1. The van der Waals surface area contributed by atoms with E-state index in [0.29, 0.717) is 17.3 Å². The molecule has 0 spiro atoms. The van der Waals surface area contributed by atoms with Gasteiger partial charge in [-0.3, -0.25) is 4.98 Å². The number of aromatic carboxylic acids is 1. The third kappa shape index (κ3) is 3.28. The van der Waals surface area contributed by atoms with Crippen molar-refractivity contribution in [1.29, 1.82) is 0 Å². The van der Waals surface area contributed by atoms with Crippen molar-refractivity contribution in [3.8, 4) is 11.4 Å². The van der Waals surface area contributed by atoms with Gasteiger partial charge in [0.1, 0.15) is 0 Å². The van der Waals surface area contributed by atoms with E-state index in [1.165, 1.54) is 23.2 Å². The fourth-order valence-electron chi connectivity index (χ4n) is 3.11. The van der Waals surface area contributed by atoms with E-state index >= 15 is 0 Å². The number of carboxylic acid groups (broad SMARTS) is 1. The van der Waals surface area contributed by atoms with Crippen molar-refractivity contribution in [2.75, 3.05) is 5.32 Å². The van der Waals surface area contributed by atoms with Crippen molar-refractivity contribution in [3.63, 3.8) is 0 Å². The summed E-state index contributed by atoms with van der Waals surface area (Å²) in [6.45, 7) is 2.03. The molecule has 2 N–H and O–H groups in total. The van der Waals surface area contributed by atoms with E-state index in [2.05, 4.69) is 25.3 Å². The summed E-state index contributed by atoms with van der Waals surface area (Å²) in [5, 5.41) is 13.6. The lowest BCUT2D eigenvalue weighted by Gasteiger charge is -2.22. The Labute approximate surface area is 154 Å². The number of fused-ring (bicyclic) bond motifs is 1. The number of hydrogen-bond donors (Lipinski definition) is 2. The lowest BCUT2D eigenvalue weighted by Crippen LogP contribution is -2.18. The Hall–Kier alpha value is -2.87. The molecule has 0 aromatic carbocycles. The van der Waals surface area contributed by atoms with E-state index < -0.39 is 5.97 Å². The van der Waals surface area contributed by atoms with Gasteiger partial charge in [-0.15, -0.1) is 11.3 Å². The van der Waals surface area contributed by atoms with Gasteiger partial charge in [0.25, 0.3) is 0 Å². The van der Waals surface area contributed by atoms with Crippen LogP contribution in [0.2, 0.25) is 0 Å². The second-order valence-electron chi connectivity index (χ2n) is 6.13. The topological polar surface area (TPSA) is 101 Å². The summed E-state index contributed by atoms with van der Waals surface area (Å²) in [5.41, 5.74) is 2.36. The van der Waals surface area contributed by atoms with Crippen LogP contribution in [0.25, 0.3) is 11.4 Å². The fourth-order valence-corrected chi connectivity index (χ4v) is 4.15. The molecule has 0 fully saturated rings. The quantitative estimate of drug-likeness (QED) is 0.728. The van der Waals surface area contributed by atoms with E-state index in [1.807, 2.05) is 6.92 Å². The predicted molar refractivity (Wildman–Crippen MR) is 98.4 cm³/mol. The second kappa shape index (κ2) is 6.80. The zero-order valence-electron chi connectivity index (χ0n) is 14.1. The summed E-state index contributed by atoms with van der Waals surface area (Å²) in [4.78, 5) is 30.2. The van der Waals surface area contributed by atoms with Crippen molar-refractivity contribution in [2.45, 2.75) is 32.2 Å². The third-order valence-corrected chi connectivity index (χ3v) is 5.34. The monoisotopic (exact) mass is 367 g/mol. The highest BCUT2D eigenvalue weighted by atomic mass is 32.1. The second-order valence-corrected chi connectivity index (χ2v) is 7.42. The van der Waals surface area contributed by atoms with Gasteiger partial charge in [0.15, 0.2) is 0 Å².